The average molecular weight is 461 g/mol. The van der Waals surface area contributed by atoms with Crippen molar-refractivity contribution in [1.29, 1.82) is 0 Å². The second-order valence-electron chi connectivity index (χ2n) is 7.29. The summed E-state index contributed by atoms with van der Waals surface area (Å²) in [5.74, 6) is 2.46. The molecule has 1 N–H and O–H groups in total. The van der Waals surface area contributed by atoms with E-state index in [9.17, 15) is 4.79 Å². The molecule has 1 unspecified atom stereocenters. The van der Waals surface area contributed by atoms with E-state index >= 15 is 0 Å². The Labute approximate surface area is 193 Å². The Hall–Kier alpha value is -2.68. The van der Waals surface area contributed by atoms with Gasteiger partial charge in [-0.3, -0.25) is 0 Å². The zero-order valence-corrected chi connectivity index (χ0v) is 20.3. The van der Waals surface area contributed by atoms with Crippen LogP contribution in [0.2, 0.25) is 0 Å². The van der Waals surface area contributed by atoms with Gasteiger partial charge in [-0.1, -0.05) is 31.7 Å². The van der Waals surface area contributed by atoms with Crippen molar-refractivity contribution in [3.63, 3.8) is 0 Å². The zero-order chi connectivity index (χ0) is 23.1. The molecule has 0 aliphatic carbocycles. The maximum Gasteiger partial charge on any atom is 0.338 e. The molecule has 2 heterocycles. The van der Waals surface area contributed by atoms with E-state index in [1.807, 2.05) is 32.0 Å². The third-order valence-corrected chi connectivity index (χ3v) is 5.85. The highest BCUT2D eigenvalue weighted by atomic mass is 32.2. The van der Waals surface area contributed by atoms with E-state index in [1.54, 1.807) is 23.4 Å². The molecule has 2 aromatic rings. The van der Waals surface area contributed by atoms with E-state index in [-0.39, 0.29) is 12.6 Å². The second kappa shape index (κ2) is 11.3. The number of carbonyl (C=O) groups is 1. The molecule has 0 amide bonds. The summed E-state index contributed by atoms with van der Waals surface area (Å²) in [6.07, 6.45) is 1.92. The predicted octanol–water partition coefficient (Wildman–Crippen LogP) is 4.82. The van der Waals surface area contributed by atoms with Gasteiger partial charge in [0.15, 0.2) is 11.5 Å². The first kappa shape index (κ1) is 24.0. The second-order valence-corrected chi connectivity index (χ2v) is 8.35. The highest BCUT2D eigenvalue weighted by Gasteiger charge is 2.35. The van der Waals surface area contributed by atoms with Gasteiger partial charge in [-0.15, -0.1) is 5.10 Å². The molecule has 0 saturated carbocycles. The largest absolute Gasteiger partial charge is 0.490 e. The fourth-order valence-corrected chi connectivity index (χ4v) is 4.15. The van der Waals surface area contributed by atoms with E-state index < -0.39 is 6.04 Å². The number of rotatable bonds is 11. The summed E-state index contributed by atoms with van der Waals surface area (Å²) in [4.78, 5) is 17.6. The normalized spacial score (nSPS) is 15.2. The number of ether oxygens (including phenoxy) is 3. The van der Waals surface area contributed by atoms with Crippen molar-refractivity contribution in [1.82, 2.24) is 14.8 Å². The first-order valence-corrected chi connectivity index (χ1v) is 12.2. The number of thioether (sulfide) groups is 1. The summed E-state index contributed by atoms with van der Waals surface area (Å²) in [6.45, 7) is 11.2. The zero-order valence-electron chi connectivity index (χ0n) is 19.4. The van der Waals surface area contributed by atoms with E-state index in [0.717, 1.165) is 24.2 Å². The molecule has 1 atom stereocenters. The molecule has 8 nitrogen and oxygen atoms in total. The number of anilines is 1. The molecule has 174 valence electrons. The van der Waals surface area contributed by atoms with Crippen LogP contribution >= 0.6 is 11.8 Å². The number of hydrogen-bond donors (Lipinski definition) is 1. The van der Waals surface area contributed by atoms with Crippen molar-refractivity contribution in [2.45, 2.75) is 58.7 Å². The molecule has 1 aliphatic heterocycles. The lowest BCUT2D eigenvalue weighted by Gasteiger charge is -2.28. The third-order valence-electron chi connectivity index (χ3n) is 4.81. The Bertz CT molecular complexity index is 973. The molecular weight excluding hydrogens is 428 g/mol. The van der Waals surface area contributed by atoms with Crippen molar-refractivity contribution < 1.29 is 19.0 Å². The van der Waals surface area contributed by atoms with Crippen LogP contribution in [0.3, 0.4) is 0 Å². The van der Waals surface area contributed by atoms with Crippen molar-refractivity contribution >= 4 is 23.7 Å². The van der Waals surface area contributed by atoms with Crippen LogP contribution in [0.1, 0.15) is 59.1 Å². The van der Waals surface area contributed by atoms with Crippen LogP contribution in [0.5, 0.6) is 11.5 Å². The van der Waals surface area contributed by atoms with Gasteiger partial charge in [-0.05, 0) is 51.3 Å². The van der Waals surface area contributed by atoms with E-state index in [2.05, 4.69) is 24.1 Å². The Morgan fingerprint density at radius 1 is 1.12 bits per heavy atom. The van der Waals surface area contributed by atoms with Gasteiger partial charge in [0.1, 0.15) is 6.04 Å². The molecule has 32 heavy (non-hydrogen) atoms. The average Bonchev–Trinajstić information content (AvgIpc) is 3.18. The quantitative estimate of drug-likeness (QED) is 0.377. The molecule has 3 rings (SSSR count). The molecule has 1 aromatic carbocycles. The lowest BCUT2D eigenvalue weighted by atomic mass is 9.95. The van der Waals surface area contributed by atoms with E-state index in [1.165, 1.54) is 0 Å². The number of benzene rings is 1. The Morgan fingerprint density at radius 2 is 1.94 bits per heavy atom. The van der Waals surface area contributed by atoms with Crippen molar-refractivity contribution in [3.05, 3.63) is 35.0 Å². The summed E-state index contributed by atoms with van der Waals surface area (Å²) in [5.41, 5.74) is 2.05. The number of aromatic nitrogens is 3. The maximum absolute atomic E-state index is 13.0. The van der Waals surface area contributed by atoms with Gasteiger partial charge in [-0.25, -0.2) is 9.48 Å². The number of esters is 1. The van der Waals surface area contributed by atoms with Crippen LogP contribution in [0, 0.1) is 0 Å². The fraction of sp³-hybridized carbons (Fsp3) is 0.522. The SMILES string of the molecule is CCCOc1ccc(C2C(C(=O)OCC)=C(C)Nc3nc(SCCC)nn32)cc1OCC. The van der Waals surface area contributed by atoms with Gasteiger partial charge in [-0.2, -0.15) is 4.98 Å². The summed E-state index contributed by atoms with van der Waals surface area (Å²) >= 11 is 1.59. The Kier molecular flexibility index (Phi) is 8.44. The highest BCUT2D eigenvalue weighted by Crippen LogP contribution is 2.40. The lowest BCUT2D eigenvalue weighted by Crippen LogP contribution is -2.29. The van der Waals surface area contributed by atoms with Crippen LogP contribution in [0.4, 0.5) is 5.95 Å². The summed E-state index contributed by atoms with van der Waals surface area (Å²) in [7, 11) is 0. The van der Waals surface area contributed by atoms with E-state index in [0.29, 0.717) is 47.1 Å². The van der Waals surface area contributed by atoms with Crippen molar-refractivity contribution in [3.8, 4) is 11.5 Å². The van der Waals surface area contributed by atoms with Crippen molar-refractivity contribution in [2.24, 2.45) is 0 Å². The van der Waals surface area contributed by atoms with Crippen LogP contribution in [-0.4, -0.2) is 46.3 Å². The van der Waals surface area contributed by atoms with Gasteiger partial charge in [0.2, 0.25) is 11.1 Å². The van der Waals surface area contributed by atoms with Crippen LogP contribution in [0.25, 0.3) is 0 Å². The summed E-state index contributed by atoms with van der Waals surface area (Å²) < 4.78 is 18.9. The smallest absolute Gasteiger partial charge is 0.338 e. The summed E-state index contributed by atoms with van der Waals surface area (Å²) in [6, 6.07) is 5.26. The fourth-order valence-electron chi connectivity index (χ4n) is 3.46. The molecule has 9 heteroatoms. The topological polar surface area (TPSA) is 87.5 Å². The van der Waals surface area contributed by atoms with Gasteiger partial charge in [0, 0.05) is 11.4 Å². The van der Waals surface area contributed by atoms with Crippen molar-refractivity contribution in [2.75, 3.05) is 30.9 Å². The molecule has 0 spiro atoms. The van der Waals surface area contributed by atoms with Crippen LogP contribution in [-0.2, 0) is 9.53 Å². The highest BCUT2D eigenvalue weighted by molar-refractivity contribution is 7.99. The van der Waals surface area contributed by atoms with Crippen LogP contribution < -0.4 is 14.8 Å². The van der Waals surface area contributed by atoms with E-state index in [4.69, 9.17) is 19.3 Å². The monoisotopic (exact) mass is 460 g/mol. The molecule has 0 saturated heterocycles. The molecule has 1 aromatic heterocycles. The molecule has 0 radical (unpaired) electrons. The Balaban J connectivity index is 2.10. The van der Waals surface area contributed by atoms with Gasteiger partial charge < -0.3 is 19.5 Å². The number of nitrogens with one attached hydrogen (secondary N) is 1. The Morgan fingerprint density at radius 3 is 2.62 bits per heavy atom. The first-order valence-electron chi connectivity index (χ1n) is 11.2. The molecular formula is C23H32N4O4S. The third kappa shape index (κ3) is 5.20. The molecule has 0 bridgehead atoms. The minimum atomic E-state index is -0.492. The lowest BCUT2D eigenvalue weighted by molar-refractivity contribution is -0.139. The predicted molar refractivity (Wildman–Crippen MR) is 126 cm³/mol. The molecule has 0 fully saturated rings. The van der Waals surface area contributed by atoms with Gasteiger partial charge >= 0.3 is 5.97 Å². The summed E-state index contributed by atoms with van der Waals surface area (Å²) in [5, 5.41) is 8.61. The van der Waals surface area contributed by atoms with Gasteiger partial charge in [0.25, 0.3) is 0 Å². The minimum absolute atomic E-state index is 0.290. The minimum Gasteiger partial charge on any atom is -0.490 e. The first-order chi connectivity index (χ1) is 15.5. The number of hydrogen-bond acceptors (Lipinski definition) is 8. The number of fused-ring (bicyclic) bond motifs is 1. The van der Waals surface area contributed by atoms with Gasteiger partial charge in [0.05, 0.1) is 25.4 Å². The maximum atomic E-state index is 13.0. The standard InChI is InChI=1S/C23H32N4O4S/c1-6-12-31-17-11-10-16(14-18(17)29-8-3)20-19(21(28)30-9-4)15(5)24-22-25-23(26-27(20)22)32-13-7-2/h10-11,14,20H,6-9,12-13H2,1-5H3,(H,24,25,26). The number of carbonyl (C=O) groups excluding carboxylic acids is 1. The number of nitrogens with zero attached hydrogens (tertiary/aromatic N) is 3. The number of allylic oxidation sites excluding steroid dienone is 1. The molecule has 1 aliphatic rings. The van der Waals surface area contributed by atoms with Crippen LogP contribution in [0.15, 0.2) is 34.6 Å².